The van der Waals surface area contributed by atoms with Crippen molar-refractivity contribution in [1.82, 2.24) is 19.9 Å². The fourth-order valence-electron chi connectivity index (χ4n) is 5.25. The highest BCUT2D eigenvalue weighted by Gasteiger charge is 2.25. The number of ether oxygens (including phenoxy) is 3. The second kappa shape index (κ2) is 18.8. The molecular weight excluding hydrogens is 512 g/mol. The molecule has 0 bridgehead atoms. The number of imidazole rings is 2. The van der Waals surface area contributed by atoms with E-state index in [2.05, 4.69) is 69.3 Å². The van der Waals surface area contributed by atoms with E-state index in [9.17, 15) is 0 Å². The normalized spacial score (nSPS) is 13.2. The highest BCUT2D eigenvalue weighted by Crippen LogP contribution is 2.38. The number of aromatic nitrogens is 4. The monoisotopic (exact) mass is 560 g/mol. The van der Waals surface area contributed by atoms with Crippen molar-refractivity contribution >= 4 is 0 Å². The molecule has 2 N–H and O–H groups in total. The molecular formula is C34H48N4O3. The molecule has 4 aromatic rings. The Morgan fingerprint density at radius 1 is 0.805 bits per heavy atom. The van der Waals surface area contributed by atoms with E-state index in [1.165, 1.54) is 11.1 Å². The fraction of sp³-hybridized carbons (Fsp3) is 0.471. The lowest BCUT2D eigenvalue weighted by atomic mass is 9.80. The molecule has 2 aromatic heterocycles. The van der Waals surface area contributed by atoms with Gasteiger partial charge in [-0.1, -0.05) is 49.4 Å². The van der Waals surface area contributed by atoms with Crippen LogP contribution in [0.1, 0.15) is 80.8 Å². The maximum absolute atomic E-state index is 6.59. The Bertz CT molecular complexity index is 1150. The van der Waals surface area contributed by atoms with Gasteiger partial charge in [0, 0.05) is 38.1 Å². The molecule has 4 rings (SSSR count). The van der Waals surface area contributed by atoms with E-state index in [4.69, 9.17) is 14.2 Å². The maximum Gasteiger partial charge on any atom is 0.118 e. The van der Waals surface area contributed by atoms with Gasteiger partial charge in [0.15, 0.2) is 0 Å². The van der Waals surface area contributed by atoms with Crippen molar-refractivity contribution in [2.24, 2.45) is 0 Å². The molecule has 7 nitrogen and oxygen atoms in total. The van der Waals surface area contributed by atoms with Crippen molar-refractivity contribution in [3.8, 4) is 5.75 Å². The van der Waals surface area contributed by atoms with E-state index in [1.54, 1.807) is 19.8 Å². The molecule has 41 heavy (non-hydrogen) atoms. The smallest absolute Gasteiger partial charge is 0.118 e. The average molecular weight is 561 g/mol. The van der Waals surface area contributed by atoms with Crippen molar-refractivity contribution < 1.29 is 14.2 Å². The van der Waals surface area contributed by atoms with Crippen LogP contribution in [0.25, 0.3) is 0 Å². The lowest BCUT2D eigenvalue weighted by Crippen LogP contribution is -2.20. The van der Waals surface area contributed by atoms with Crippen LogP contribution in [-0.4, -0.2) is 53.0 Å². The van der Waals surface area contributed by atoms with Gasteiger partial charge in [-0.15, -0.1) is 0 Å². The molecule has 0 amide bonds. The summed E-state index contributed by atoms with van der Waals surface area (Å²) in [7, 11) is 1.71. The molecule has 3 unspecified atom stereocenters. The zero-order valence-corrected chi connectivity index (χ0v) is 25.2. The molecule has 7 heteroatoms. The van der Waals surface area contributed by atoms with Crippen LogP contribution in [0.2, 0.25) is 0 Å². The Kier molecular flexibility index (Phi) is 14.7. The Hall–Kier alpha value is -3.42. The van der Waals surface area contributed by atoms with Crippen LogP contribution in [0.15, 0.2) is 79.6 Å². The largest absolute Gasteiger partial charge is 0.497 e. The summed E-state index contributed by atoms with van der Waals surface area (Å²) in [6.07, 6.45) is 13.6. The number of nitrogens with zero attached hydrogens (tertiary/aromatic N) is 2. The van der Waals surface area contributed by atoms with E-state index >= 15 is 0 Å². The number of methoxy groups -OCH3 is 1. The molecule has 0 saturated carbocycles. The first-order valence-electron chi connectivity index (χ1n) is 15.0. The molecule has 2 heterocycles. The zero-order chi connectivity index (χ0) is 29.1. The van der Waals surface area contributed by atoms with Crippen LogP contribution in [0.4, 0.5) is 0 Å². The van der Waals surface area contributed by atoms with Gasteiger partial charge in [-0.25, -0.2) is 9.97 Å². The molecule has 0 saturated heterocycles. The van der Waals surface area contributed by atoms with E-state index in [0.29, 0.717) is 18.4 Å². The zero-order valence-electron chi connectivity index (χ0n) is 25.2. The second-order valence-electron chi connectivity index (χ2n) is 10.1. The molecule has 0 fully saturated rings. The molecule has 222 valence electrons. The van der Waals surface area contributed by atoms with Crippen molar-refractivity contribution in [3.63, 3.8) is 0 Å². The highest BCUT2D eigenvalue weighted by atomic mass is 16.5. The number of benzene rings is 2. The minimum Gasteiger partial charge on any atom is -0.497 e. The molecule has 0 aliphatic carbocycles. The van der Waals surface area contributed by atoms with Crippen LogP contribution in [0.5, 0.6) is 5.75 Å². The number of hydrogen-bond donors (Lipinski definition) is 2. The van der Waals surface area contributed by atoms with Crippen LogP contribution >= 0.6 is 0 Å². The predicted octanol–water partition coefficient (Wildman–Crippen LogP) is 7.50. The van der Waals surface area contributed by atoms with Gasteiger partial charge in [-0.3, -0.25) is 0 Å². The number of rotatable bonds is 17. The van der Waals surface area contributed by atoms with Crippen LogP contribution in [0, 0.1) is 0 Å². The minimum atomic E-state index is 0.174. The summed E-state index contributed by atoms with van der Waals surface area (Å²) in [5.41, 5.74) is 4.83. The summed E-state index contributed by atoms with van der Waals surface area (Å²) in [5, 5.41) is 0. The standard InChI is InChI=1S/C30H38N4O2.C4H10O/c1-3-28(30-20-32-22-34-30)29(24-12-14-26(35-2)15-13-24)16-17-36-27(18-23-8-5-4-6-9-23)11-7-10-25-19-31-21-33-25;1-3-5-4-2/h4-6,8-9,12-15,19-22,27-29H,3,7,10-11,16-18H2,1-2H3,(H,31,33)(H,32,34);3-4H2,1-2H3. The van der Waals surface area contributed by atoms with E-state index < -0.39 is 0 Å². The van der Waals surface area contributed by atoms with Gasteiger partial charge < -0.3 is 24.2 Å². The van der Waals surface area contributed by atoms with Gasteiger partial charge in [0.25, 0.3) is 0 Å². The number of hydrogen-bond acceptors (Lipinski definition) is 5. The van der Waals surface area contributed by atoms with Crippen LogP contribution in [0.3, 0.4) is 0 Å². The summed E-state index contributed by atoms with van der Waals surface area (Å²) in [4.78, 5) is 15.2. The van der Waals surface area contributed by atoms with Crippen molar-refractivity contribution in [3.05, 3.63) is 102 Å². The maximum atomic E-state index is 6.59. The predicted molar refractivity (Wildman–Crippen MR) is 166 cm³/mol. The van der Waals surface area contributed by atoms with Crippen molar-refractivity contribution in [2.45, 2.75) is 77.2 Å². The number of H-pyrrole nitrogens is 2. The topological polar surface area (TPSA) is 85.1 Å². The molecule has 0 aliphatic heterocycles. The first-order valence-corrected chi connectivity index (χ1v) is 15.0. The fourth-order valence-corrected chi connectivity index (χ4v) is 5.25. The lowest BCUT2D eigenvalue weighted by molar-refractivity contribution is 0.0406. The molecule has 0 radical (unpaired) electrons. The molecule has 0 aliphatic rings. The molecule has 3 atom stereocenters. The van der Waals surface area contributed by atoms with Crippen LogP contribution < -0.4 is 4.74 Å². The van der Waals surface area contributed by atoms with E-state index in [0.717, 1.165) is 68.9 Å². The number of aryl methyl sites for hydroxylation is 1. The molecule has 0 spiro atoms. The van der Waals surface area contributed by atoms with Gasteiger partial charge in [0.05, 0.1) is 37.3 Å². The first-order chi connectivity index (χ1) is 20.2. The summed E-state index contributed by atoms with van der Waals surface area (Å²) < 4.78 is 16.8. The van der Waals surface area contributed by atoms with Gasteiger partial charge in [-0.05, 0) is 81.5 Å². The van der Waals surface area contributed by atoms with Crippen LogP contribution in [-0.2, 0) is 22.3 Å². The van der Waals surface area contributed by atoms with Gasteiger partial charge in [0.2, 0.25) is 0 Å². The summed E-state index contributed by atoms with van der Waals surface area (Å²) in [6, 6.07) is 19.1. The third-order valence-corrected chi connectivity index (χ3v) is 7.38. The van der Waals surface area contributed by atoms with Gasteiger partial charge in [0.1, 0.15) is 5.75 Å². The van der Waals surface area contributed by atoms with Crippen molar-refractivity contribution in [1.29, 1.82) is 0 Å². The second-order valence-corrected chi connectivity index (χ2v) is 10.1. The summed E-state index contributed by atoms with van der Waals surface area (Å²) in [5.74, 6) is 1.51. The van der Waals surface area contributed by atoms with Crippen molar-refractivity contribution in [2.75, 3.05) is 26.9 Å². The number of aromatic amines is 2. The third kappa shape index (κ3) is 11.2. The van der Waals surface area contributed by atoms with Gasteiger partial charge in [-0.2, -0.15) is 0 Å². The molecule has 2 aromatic carbocycles. The van der Waals surface area contributed by atoms with E-state index in [-0.39, 0.29) is 6.10 Å². The Morgan fingerprint density at radius 3 is 2.12 bits per heavy atom. The Morgan fingerprint density at radius 2 is 1.54 bits per heavy atom. The third-order valence-electron chi connectivity index (χ3n) is 7.38. The quantitative estimate of drug-likeness (QED) is 0.140. The first kappa shape index (κ1) is 32.1. The Labute approximate surface area is 246 Å². The number of nitrogens with one attached hydrogen (secondary N) is 2. The summed E-state index contributed by atoms with van der Waals surface area (Å²) >= 11 is 0. The Balaban J connectivity index is 0.000000850. The minimum absolute atomic E-state index is 0.174. The van der Waals surface area contributed by atoms with E-state index in [1.807, 2.05) is 38.4 Å². The van der Waals surface area contributed by atoms with Gasteiger partial charge >= 0.3 is 0 Å². The average Bonchev–Trinajstić information content (AvgIpc) is 3.73. The lowest BCUT2D eigenvalue weighted by Gasteiger charge is -2.27. The highest BCUT2D eigenvalue weighted by molar-refractivity contribution is 5.31. The summed E-state index contributed by atoms with van der Waals surface area (Å²) in [6.45, 7) is 8.61. The SMILES string of the molecule is CCC(c1c[nH]cn1)C(CCOC(CCCc1c[nH]cn1)Cc1ccccc1)c1ccc(OC)cc1.CCOCC.